The predicted molar refractivity (Wildman–Crippen MR) is 97.6 cm³/mol. The zero-order valence-electron chi connectivity index (χ0n) is 16.0. The van der Waals surface area contributed by atoms with Crippen molar-refractivity contribution < 1.29 is 5.11 Å². The maximum Gasteiger partial charge on any atom is 0.0543 e. The molecule has 2 nitrogen and oxygen atoms in total. The van der Waals surface area contributed by atoms with Crippen molar-refractivity contribution in [3.63, 3.8) is 0 Å². The Morgan fingerprint density at radius 2 is 1.71 bits per heavy atom. The Kier molecular flexibility index (Phi) is 3.51. The highest BCUT2D eigenvalue weighted by Gasteiger charge is 2.64. The minimum Gasteiger partial charge on any atom is -0.393 e. The van der Waals surface area contributed by atoms with Crippen LogP contribution in [0.15, 0.2) is 0 Å². The summed E-state index contributed by atoms with van der Waals surface area (Å²) in [7, 11) is 2.38. The number of hydrogen-bond donors (Lipinski definition) is 1. The van der Waals surface area contributed by atoms with Crippen molar-refractivity contribution in [2.45, 2.75) is 83.8 Å². The molecule has 0 aromatic carbocycles. The van der Waals surface area contributed by atoms with Crippen molar-refractivity contribution >= 4 is 0 Å². The molecule has 2 heteroatoms. The van der Waals surface area contributed by atoms with E-state index >= 15 is 0 Å². The summed E-state index contributed by atoms with van der Waals surface area (Å²) < 4.78 is 0. The minimum atomic E-state index is -0.00486. The van der Waals surface area contributed by atoms with Crippen LogP contribution in [0.5, 0.6) is 0 Å². The van der Waals surface area contributed by atoms with Gasteiger partial charge in [0.1, 0.15) is 0 Å². The van der Waals surface area contributed by atoms with E-state index in [1.54, 1.807) is 0 Å². The molecule has 1 heterocycles. The van der Waals surface area contributed by atoms with Gasteiger partial charge in [0.15, 0.2) is 0 Å². The molecule has 0 amide bonds. The Balaban J connectivity index is 1.45. The predicted octanol–water partition coefficient (Wildman–Crippen LogP) is 4.32. The Labute approximate surface area is 148 Å². The molecule has 5 fully saturated rings. The second-order valence-electron chi connectivity index (χ2n) is 10.7. The Bertz CT molecular complexity index is 520. The first-order chi connectivity index (χ1) is 11.5. The summed E-state index contributed by atoms with van der Waals surface area (Å²) in [5.41, 5.74) is 1.21. The maximum atomic E-state index is 10.2. The molecule has 0 bridgehead atoms. The van der Waals surface area contributed by atoms with E-state index in [-0.39, 0.29) is 6.10 Å². The SMILES string of the molecule is C[C@H]1[C@H]2CC[C@H]3[C@H]4CC[C@H]5C[C@@H](O)CC[C@]5(C)[C@@H]4CC[C@]23CN1C. The van der Waals surface area contributed by atoms with Gasteiger partial charge < -0.3 is 10.0 Å². The van der Waals surface area contributed by atoms with Crippen molar-refractivity contribution in [1.29, 1.82) is 0 Å². The first-order valence-electron chi connectivity index (χ1n) is 10.8. The molecule has 0 aromatic rings. The van der Waals surface area contributed by atoms with E-state index in [1.807, 2.05) is 0 Å². The van der Waals surface area contributed by atoms with Gasteiger partial charge >= 0.3 is 0 Å². The van der Waals surface area contributed by atoms with E-state index in [4.69, 9.17) is 0 Å². The van der Waals surface area contributed by atoms with Crippen molar-refractivity contribution in [2.75, 3.05) is 13.6 Å². The van der Waals surface area contributed by atoms with Crippen LogP contribution in [-0.2, 0) is 0 Å². The fourth-order valence-corrected chi connectivity index (χ4v) is 9.04. The van der Waals surface area contributed by atoms with Crippen LogP contribution in [-0.4, -0.2) is 35.7 Å². The van der Waals surface area contributed by atoms with E-state index in [2.05, 4.69) is 25.8 Å². The van der Waals surface area contributed by atoms with Gasteiger partial charge in [0.2, 0.25) is 0 Å². The van der Waals surface area contributed by atoms with Crippen molar-refractivity contribution in [1.82, 2.24) is 4.90 Å². The second kappa shape index (κ2) is 5.22. The number of nitrogens with zero attached hydrogens (tertiary/aromatic N) is 1. The smallest absolute Gasteiger partial charge is 0.0543 e. The van der Waals surface area contributed by atoms with Crippen molar-refractivity contribution in [3.05, 3.63) is 0 Å². The summed E-state index contributed by atoms with van der Waals surface area (Å²) in [4.78, 5) is 2.68. The zero-order valence-corrected chi connectivity index (χ0v) is 16.0. The molecule has 136 valence electrons. The molecule has 9 atom stereocenters. The van der Waals surface area contributed by atoms with E-state index in [1.165, 1.54) is 51.5 Å². The number of aliphatic hydroxyl groups excluding tert-OH is 1. The molecule has 1 aliphatic heterocycles. The molecule has 1 saturated heterocycles. The minimum absolute atomic E-state index is 0.00486. The van der Waals surface area contributed by atoms with Gasteiger partial charge in [-0.05, 0) is 112 Å². The van der Waals surface area contributed by atoms with Gasteiger partial charge in [0.25, 0.3) is 0 Å². The molecule has 5 rings (SSSR count). The first kappa shape index (κ1) is 16.1. The lowest BCUT2D eigenvalue weighted by molar-refractivity contribution is -0.125. The lowest BCUT2D eigenvalue weighted by Gasteiger charge is -2.61. The largest absolute Gasteiger partial charge is 0.393 e. The molecule has 4 saturated carbocycles. The van der Waals surface area contributed by atoms with E-state index < -0.39 is 0 Å². The monoisotopic (exact) mass is 331 g/mol. The van der Waals surface area contributed by atoms with Crippen LogP contribution in [0.1, 0.15) is 71.6 Å². The number of aliphatic hydroxyl groups is 1. The van der Waals surface area contributed by atoms with Gasteiger partial charge in [-0.2, -0.15) is 0 Å². The van der Waals surface area contributed by atoms with Crippen LogP contribution in [0.2, 0.25) is 0 Å². The summed E-state index contributed by atoms with van der Waals surface area (Å²) in [6, 6.07) is 0.809. The number of rotatable bonds is 0. The van der Waals surface area contributed by atoms with E-state index in [9.17, 15) is 5.11 Å². The molecule has 4 aliphatic carbocycles. The van der Waals surface area contributed by atoms with Crippen LogP contribution >= 0.6 is 0 Å². The van der Waals surface area contributed by atoms with Crippen LogP contribution in [0.3, 0.4) is 0 Å². The van der Waals surface area contributed by atoms with Crippen LogP contribution < -0.4 is 0 Å². The third-order valence-electron chi connectivity index (χ3n) is 10.2. The molecule has 24 heavy (non-hydrogen) atoms. The molecule has 0 unspecified atom stereocenters. The lowest BCUT2D eigenvalue weighted by atomic mass is 9.44. The summed E-state index contributed by atoms with van der Waals surface area (Å²) in [6.45, 7) is 6.49. The van der Waals surface area contributed by atoms with Gasteiger partial charge in [-0.25, -0.2) is 0 Å². The Morgan fingerprint density at radius 1 is 0.917 bits per heavy atom. The summed E-state index contributed by atoms with van der Waals surface area (Å²) in [6.07, 6.45) is 12.3. The topological polar surface area (TPSA) is 23.5 Å². The lowest BCUT2D eigenvalue weighted by Crippen LogP contribution is -2.54. The van der Waals surface area contributed by atoms with Gasteiger partial charge in [0, 0.05) is 12.6 Å². The average molecular weight is 332 g/mol. The van der Waals surface area contributed by atoms with Gasteiger partial charge in [-0.15, -0.1) is 0 Å². The van der Waals surface area contributed by atoms with E-state index in [0.29, 0.717) is 10.8 Å². The highest BCUT2D eigenvalue weighted by molar-refractivity contribution is 5.14. The molecule has 1 spiro atoms. The van der Waals surface area contributed by atoms with Gasteiger partial charge in [-0.1, -0.05) is 6.92 Å². The maximum absolute atomic E-state index is 10.2. The third-order valence-corrected chi connectivity index (χ3v) is 10.2. The van der Waals surface area contributed by atoms with Gasteiger partial charge in [0.05, 0.1) is 6.10 Å². The highest BCUT2D eigenvalue weighted by Crippen LogP contribution is 2.69. The molecule has 1 N–H and O–H groups in total. The molecule has 5 aliphatic rings. The summed E-state index contributed by atoms with van der Waals surface area (Å²) in [5, 5.41) is 10.2. The second-order valence-corrected chi connectivity index (χ2v) is 10.7. The van der Waals surface area contributed by atoms with E-state index in [0.717, 1.165) is 48.5 Å². The normalized spacial score (nSPS) is 60.2. The zero-order chi connectivity index (χ0) is 16.7. The third kappa shape index (κ3) is 1.91. The first-order valence-corrected chi connectivity index (χ1v) is 10.8. The number of fused-ring (bicyclic) bond motifs is 4. The molecule has 0 radical (unpaired) electrons. The Hall–Kier alpha value is -0.0800. The molecular weight excluding hydrogens is 294 g/mol. The molecule has 0 aromatic heterocycles. The van der Waals surface area contributed by atoms with Crippen molar-refractivity contribution in [3.8, 4) is 0 Å². The number of hydrogen-bond acceptors (Lipinski definition) is 2. The fraction of sp³-hybridized carbons (Fsp3) is 1.00. The van der Waals surface area contributed by atoms with Gasteiger partial charge in [-0.3, -0.25) is 0 Å². The van der Waals surface area contributed by atoms with Crippen LogP contribution in [0, 0.1) is 40.4 Å². The quantitative estimate of drug-likeness (QED) is 0.714. The van der Waals surface area contributed by atoms with Crippen molar-refractivity contribution in [2.24, 2.45) is 40.4 Å². The fourth-order valence-electron chi connectivity index (χ4n) is 9.04. The molecular formula is C22H37NO. The average Bonchev–Trinajstić information content (AvgIpc) is 3.03. The summed E-state index contributed by atoms with van der Waals surface area (Å²) in [5.74, 6) is 4.75. The highest BCUT2D eigenvalue weighted by atomic mass is 16.3. The van der Waals surface area contributed by atoms with Crippen LogP contribution in [0.25, 0.3) is 0 Å². The summed E-state index contributed by atoms with van der Waals surface area (Å²) >= 11 is 0. The standard InChI is InChI=1S/C22H37NO/c1-14-18-6-7-20-17-5-4-15-12-16(24)8-10-21(15,2)19(17)9-11-22(18,20)13-23(14)3/h14-20,24H,4-13H2,1-3H3/t14-,15-,16-,17-,18+,19+,20-,21-,22-/m0/s1. The van der Waals surface area contributed by atoms with Crippen LogP contribution in [0.4, 0.5) is 0 Å². The Morgan fingerprint density at radius 3 is 2.54 bits per heavy atom. The number of likely N-dealkylation sites (tertiary alicyclic amines) is 1.